The van der Waals surface area contributed by atoms with Crippen molar-refractivity contribution >= 4 is 5.97 Å². The van der Waals surface area contributed by atoms with Crippen LogP contribution in [0.3, 0.4) is 0 Å². The van der Waals surface area contributed by atoms with Crippen molar-refractivity contribution < 1.29 is 15.0 Å². The molecule has 0 radical (unpaired) electrons. The number of aliphatic hydroxyl groups excluding tert-OH is 1. The fourth-order valence-corrected chi connectivity index (χ4v) is 0.919. The first-order valence-electron chi connectivity index (χ1n) is 3.90. The molecular weight excluding hydrogens is 158 g/mol. The second kappa shape index (κ2) is 3.87. The SMILES string of the molecule is CC(C)(C)C[C@@H](O)[C@@H](N)C(=O)O. The van der Waals surface area contributed by atoms with Gasteiger partial charge in [-0.05, 0) is 11.8 Å². The maximum atomic E-state index is 10.3. The maximum absolute atomic E-state index is 10.3. The molecule has 4 N–H and O–H groups in total. The van der Waals surface area contributed by atoms with Crippen molar-refractivity contribution in [3.05, 3.63) is 0 Å². The van der Waals surface area contributed by atoms with Gasteiger partial charge in [0.05, 0.1) is 6.10 Å². The summed E-state index contributed by atoms with van der Waals surface area (Å²) in [7, 11) is 0. The largest absolute Gasteiger partial charge is 0.480 e. The Morgan fingerprint density at radius 3 is 2.17 bits per heavy atom. The van der Waals surface area contributed by atoms with Gasteiger partial charge in [-0.1, -0.05) is 20.8 Å². The molecule has 0 spiro atoms. The van der Waals surface area contributed by atoms with Crippen LogP contribution in [0.1, 0.15) is 27.2 Å². The molecule has 0 aliphatic carbocycles. The summed E-state index contributed by atoms with van der Waals surface area (Å²) >= 11 is 0. The summed E-state index contributed by atoms with van der Waals surface area (Å²) in [6.45, 7) is 5.76. The summed E-state index contributed by atoms with van der Waals surface area (Å²) in [5.41, 5.74) is 5.11. The molecule has 0 aromatic heterocycles. The summed E-state index contributed by atoms with van der Waals surface area (Å²) in [6, 6.07) is -1.18. The summed E-state index contributed by atoms with van der Waals surface area (Å²) in [5.74, 6) is -1.16. The summed E-state index contributed by atoms with van der Waals surface area (Å²) < 4.78 is 0. The number of hydrogen-bond donors (Lipinski definition) is 3. The van der Waals surface area contributed by atoms with Crippen molar-refractivity contribution in [2.45, 2.75) is 39.3 Å². The lowest BCUT2D eigenvalue weighted by atomic mass is 9.87. The second-order valence-electron chi connectivity index (χ2n) is 4.20. The van der Waals surface area contributed by atoms with Gasteiger partial charge in [-0.2, -0.15) is 0 Å². The zero-order valence-electron chi connectivity index (χ0n) is 7.74. The van der Waals surface area contributed by atoms with Gasteiger partial charge in [0.15, 0.2) is 0 Å². The molecule has 0 amide bonds. The molecule has 0 unspecified atom stereocenters. The molecule has 0 aromatic carbocycles. The molecule has 0 heterocycles. The van der Waals surface area contributed by atoms with Gasteiger partial charge in [-0.15, -0.1) is 0 Å². The van der Waals surface area contributed by atoms with Crippen LogP contribution in [0.4, 0.5) is 0 Å². The van der Waals surface area contributed by atoms with Gasteiger partial charge in [-0.25, -0.2) is 0 Å². The van der Waals surface area contributed by atoms with E-state index < -0.39 is 18.1 Å². The van der Waals surface area contributed by atoms with Crippen LogP contribution >= 0.6 is 0 Å². The smallest absolute Gasteiger partial charge is 0.323 e. The number of aliphatic carboxylic acids is 1. The molecule has 0 saturated heterocycles. The normalized spacial score (nSPS) is 17.1. The number of carboxylic acid groups (broad SMARTS) is 1. The Morgan fingerprint density at radius 1 is 1.50 bits per heavy atom. The van der Waals surface area contributed by atoms with Crippen molar-refractivity contribution in [2.24, 2.45) is 11.1 Å². The first-order valence-corrected chi connectivity index (χ1v) is 3.90. The molecule has 0 aliphatic rings. The Kier molecular flexibility index (Phi) is 3.67. The zero-order chi connectivity index (χ0) is 9.94. The molecule has 4 heteroatoms. The highest BCUT2D eigenvalue weighted by Crippen LogP contribution is 2.21. The van der Waals surface area contributed by atoms with E-state index in [0.29, 0.717) is 6.42 Å². The van der Waals surface area contributed by atoms with E-state index in [0.717, 1.165) is 0 Å². The number of carboxylic acids is 1. The Labute approximate surface area is 72.4 Å². The number of carbonyl (C=O) groups is 1. The van der Waals surface area contributed by atoms with Gasteiger partial charge < -0.3 is 15.9 Å². The third kappa shape index (κ3) is 4.31. The van der Waals surface area contributed by atoms with E-state index in [1.165, 1.54) is 0 Å². The van der Waals surface area contributed by atoms with Crippen LogP contribution in [0, 0.1) is 5.41 Å². The molecule has 12 heavy (non-hydrogen) atoms. The number of rotatable bonds is 3. The zero-order valence-corrected chi connectivity index (χ0v) is 7.74. The minimum atomic E-state index is -1.18. The van der Waals surface area contributed by atoms with Crippen LogP contribution in [0.15, 0.2) is 0 Å². The minimum Gasteiger partial charge on any atom is -0.480 e. The van der Waals surface area contributed by atoms with E-state index in [9.17, 15) is 9.90 Å². The molecule has 0 saturated carbocycles. The summed E-state index contributed by atoms with van der Waals surface area (Å²) in [6.07, 6.45) is -0.581. The maximum Gasteiger partial charge on any atom is 0.323 e. The lowest BCUT2D eigenvalue weighted by molar-refractivity contribution is -0.141. The van der Waals surface area contributed by atoms with E-state index in [4.69, 9.17) is 10.8 Å². The third-order valence-corrected chi connectivity index (χ3v) is 1.52. The summed E-state index contributed by atoms with van der Waals surface area (Å²) in [5, 5.41) is 17.8. The molecule has 0 bridgehead atoms. The molecule has 0 fully saturated rings. The molecule has 72 valence electrons. The van der Waals surface area contributed by atoms with Crippen LogP contribution in [0.2, 0.25) is 0 Å². The highest BCUT2D eigenvalue weighted by molar-refractivity contribution is 5.73. The highest BCUT2D eigenvalue weighted by Gasteiger charge is 2.26. The predicted octanol–water partition coefficient (Wildman–Crippen LogP) is 0.195. The molecule has 0 aromatic rings. The van der Waals surface area contributed by atoms with Crippen molar-refractivity contribution in [1.82, 2.24) is 0 Å². The number of aliphatic hydroxyl groups is 1. The van der Waals surface area contributed by atoms with Crippen LogP contribution in [-0.2, 0) is 4.79 Å². The third-order valence-electron chi connectivity index (χ3n) is 1.52. The van der Waals surface area contributed by atoms with Crippen LogP contribution in [-0.4, -0.2) is 28.3 Å². The Balaban J connectivity index is 4.04. The second-order valence-corrected chi connectivity index (χ2v) is 4.20. The monoisotopic (exact) mass is 175 g/mol. The Morgan fingerprint density at radius 2 is 1.92 bits per heavy atom. The molecule has 0 rings (SSSR count). The Bertz CT molecular complexity index is 162. The standard InChI is InChI=1S/C8H17NO3/c1-8(2,3)4-5(10)6(9)7(11)12/h5-6,10H,4,9H2,1-3H3,(H,11,12)/t5-,6-/m1/s1. The average Bonchev–Trinajstić information content (AvgIpc) is 1.82. The lowest BCUT2D eigenvalue weighted by Gasteiger charge is -2.24. The Hall–Kier alpha value is -0.610. The fraction of sp³-hybridized carbons (Fsp3) is 0.875. The first kappa shape index (κ1) is 11.4. The van der Waals surface area contributed by atoms with Crippen molar-refractivity contribution in [3.63, 3.8) is 0 Å². The lowest BCUT2D eigenvalue weighted by Crippen LogP contribution is -2.43. The molecule has 0 aliphatic heterocycles. The predicted molar refractivity (Wildman–Crippen MR) is 45.7 cm³/mol. The fourth-order valence-electron chi connectivity index (χ4n) is 0.919. The van der Waals surface area contributed by atoms with Crippen molar-refractivity contribution in [3.8, 4) is 0 Å². The van der Waals surface area contributed by atoms with Gasteiger partial charge in [0, 0.05) is 0 Å². The van der Waals surface area contributed by atoms with Gasteiger partial charge in [0.25, 0.3) is 0 Å². The summed E-state index contributed by atoms with van der Waals surface area (Å²) in [4.78, 5) is 10.3. The molecule has 2 atom stereocenters. The minimum absolute atomic E-state index is 0.105. The highest BCUT2D eigenvalue weighted by atomic mass is 16.4. The van der Waals surface area contributed by atoms with Crippen LogP contribution < -0.4 is 5.73 Å². The first-order chi connectivity index (χ1) is 5.24. The van der Waals surface area contributed by atoms with Gasteiger partial charge in [0.2, 0.25) is 0 Å². The van der Waals surface area contributed by atoms with Crippen LogP contribution in [0.25, 0.3) is 0 Å². The van der Waals surface area contributed by atoms with Crippen molar-refractivity contribution in [2.75, 3.05) is 0 Å². The average molecular weight is 175 g/mol. The molecule has 4 nitrogen and oxygen atoms in total. The van der Waals surface area contributed by atoms with E-state index in [2.05, 4.69) is 0 Å². The van der Waals surface area contributed by atoms with Crippen LogP contribution in [0.5, 0.6) is 0 Å². The molecular formula is C8H17NO3. The van der Waals surface area contributed by atoms with E-state index in [-0.39, 0.29) is 5.41 Å². The van der Waals surface area contributed by atoms with Gasteiger partial charge >= 0.3 is 5.97 Å². The van der Waals surface area contributed by atoms with E-state index in [1.807, 2.05) is 20.8 Å². The van der Waals surface area contributed by atoms with Crippen molar-refractivity contribution in [1.29, 1.82) is 0 Å². The van der Waals surface area contributed by atoms with E-state index >= 15 is 0 Å². The topological polar surface area (TPSA) is 83.5 Å². The quantitative estimate of drug-likeness (QED) is 0.572. The van der Waals surface area contributed by atoms with E-state index in [1.54, 1.807) is 0 Å². The number of hydrogen-bond acceptors (Lipinski definition) is 3. The van der Waals surface area contributed by atoms with Gasteiger partial charge in [0.1, 0.15) is 6.04 Å². The van der Waals surface area contributed by atoms with Gasteiger partial charge in [-0.3, -0.25) is 4.79 Å². The number of nitrogens with two attached hydrogens (primary N) is 1.